The number of alkyl halides is 1. The number of aromatic nitrogens is 5. The fraction of sp³-hybridized carbons (Fsp3) is 0.474. The minimum atomic E-state index is -0.980. The smallest absolute Gasteiger partial charge is 0.346 e. The molecule has 12 nitrogen and oxygen atoms in total. The first-order valence-electron chi connectivity index (χ1n) is 18.5. The van der Waals surface area contributed by atoms with Gasteiger partial charge in [0.2, 0.25) is 5.28 Å². The van der Waals surface area contributed by atoms with Gasteiger partial charge in [0.15, 0.2) is 5.82 Å². The lowest BCUT2D eigenvalue weighted by molar-refractivity contribution is 0.0230. The number of likely N-dealkylation sites (tertiary alicyclic amines) is 1. The van der Waals surface area contributed by atoms with E-state index in [4.69, 9.17) is 38.7 Å². The Kier molecular flexibility index (Phi) is 9.95. The number of amides is 1. The third-order valence-electron chi connectivity index (χ3n) is 11.5. The Morgan fingerprint density at radius 2 is 2.00 bits per heavy atom. The number of hydrogen-bond donors (Lipinski definition) is 1. The molecule has 3 aliphatic rings. The first kappa shape index (κ1) is 38.4. The van der Waals surface area contributed by atoms with Crippen molar-refractivity contribution in [2.24, 2.45) is 11.8 Å². The van der Waals surface area contributed by atoms with Crippen molar-refractivity contribution in [2.45, 2.75) is 70.8 Å². The Morgan fingerprint density at radius 1 is 1.21 bits per heavy atom. The molecule has 0 spiro atoms. The predicted molar refractivity (Wildman–Crippen MR) is 210 cm³/mol. The lowest BCUT2D eigenvalue weighted by atomic mass is 9.80. The van der Waals surface area contributed by atoms with Crippen LogP contribution in [0.3, 0.4) is 0 Å². The Hall–Kier alpha value is -4.43. The van der Waals surface area contributed by atoms with Crippen LogP contribution in [0.15, 0.2) is 24.5 Å². The van der Waals surface area contributed by atoms with Crippen molar-refractivity contribution in [3.63, 3.8) is 0 Å². The van der Waals surface area contributed by atoms with Gasteiger partial charge in [0.1, 0.15) is 47.3 Å². The molecule has 3 saturated heterocycles. The number of nitrogens with zero attached hydrogens (tertiary/aromatic N) is 9. The summed E-state index contributed by atoms with van der Waals surface area (Å²) in [5, 5.41) is 14.5. The Balaban J connectivity index is 1.24. The van der Waals surface area contributed by atoms with Crippen molar-refractivity contribution in [1.29, 1.82) is 5.26 Å². The van der Waals surface area contributed by atoms with Crippen molar-refractivity contribution >= 4 is 72.4 Å². The highest BCUT2D eigenvalue weighted by Gasteiger charge is 2.50. The summed E-state index contributed by atoms with van der Waals surface area (Å²) in [6.45, 7) is 10.1. The van der Waals surface area contributed by atoms with Gasteiger partial charge in [0, 0.05) is 60.4 Å². The number of thiophene rings is 1. The monoisotopic (exact) mass is 826 g/mol. The molecule has 6 heterocycles. The summed E-state index contributed by atoms with van der Waals surface area (Å²) in [5.41, 5.74) is 5.63. The van der Waals surface area contributed by atoms with Crippen molar-refractivity contribution < 1.29 is 22.7 Å². The van der Waals surface area contributed by atoms with E-state index >= 15 is 8.78 Å². The zero-order chi connectivity index (χ0) is 39.8. The zero-order valence-corrected chi connectivity index (χ0v) is 33.4. The molecule has 0 bridgehead atoms. The van der Waals surface area contributed by atoms with Gasteiger partial charge in [-0.2, -0.15) is 19.9 Å². The minimum absolute atomic E-state index is 0.00816. The molecule has 8 rings (SSSR count). The number of rotatable bonds is 9. The van der Waals surface area contributed by atoms with Crippen LogP contribution in [-0.4, -0.2) is 97.1 Å². The lowest BCUT2D eigenvalue weighted by Gasteiger charge is -2.51. The van der Waals surface area contributed by atoms with Gasteiger partial charge in [-0.15, -0.1) is 16.4 Å². The second kappa shape index (κ2) is 14.5. The van der Waals surface area contributed by atoms with Gasteiger partial charge < -0.3 is 20.3 Å². The van der Waals surface area contributed by atoms with E-state index in [0.717, 1.165) is 35.4 Å². The molecule has 1 amide bonds. The molecule has 3 fully saturated rings. The third-order valence-corrected chi connectivity index (χ3v) is 13.0. The Bertz CT molecular complexity index is 2420. The molecule has 56 heavy (non-hydrogen) atoms. The summed E-state index contributed by atoms with van der Waals surface area (Å²) >= 11 is 13.8. The minimum Gasteiger partial charge on any atom is -0.461 e. The first-order chi connectivity index (χ1) is 26.7. The summed E-state index contributed by atoms with van der Waals surface area (Å²) in [7, 11) is 0. The van der Waals surface area contributed by atoms with Crippen LogP contribution in [0.2, 0.25) is 10.3 Å². The van der Waals surface area contributed by atoms with E-state index in [1.807, 2.05) is 38.7 Å². The molecule has 3 aromatic heterocycles. The molecule has 18 heteroatoms. The molecule has 5 aromatic rings. The molecule has 2 aromatic carbocycles. The highest BCUT2D eigenvalue weighted by molar-refractivity contribution is 7.23. The molecule has 0 saturated carbocycles. The molecule has 0 aliphatic carbocycles. The molecule has 3 aliphatic heterocycles. The summed E-state index contributed by atoms with van der Waals surface area (Å²) in [6.07, 6.45) is 2.28. The van der Waals surface area contributed by atoms with Crippen LogP contribution in [0.5, 0.6) is 6.01 Å². The van der Waals surface area contributed by atoms with E-state index < -0.39 is 23.3 Å². The number of nitrogen functional groups attached to an aromatic ring is 1. The maximum absolute atomic E-state index is 17.3. The van der Waals surface area contributed by atoms with E-state index in [1.54, 1.807) is 11.0 Å². The molecule has 0 radical (unpaired) electrons. The summed E-state index contributed by atoms with van der Waals surface area (Å²) < 4.78 is 54.7. The second-order valence-corrected chi connectivity index (χ2v) is 17.3. The number of nitrogens with two attached hydrogens (primary N) is 1. The maximum atomic E-state index is 17.3. The second-order valence-electron chi connectivity index (χ2n) is 15.5. The first-order valence-corrected chi connectivity index (χ1v) is 20.1. The molecule has 2 N–H and O–H groups in total. The number of carbonyl (C=O) groups excluding carboxylic acids is 1. The van der Waals surface area contributed by atoms with E-state index in [2.05, 4.69) is 20.0 Å². The zero-order valence-electron chi connectivity index (χ0n) is 31.1. The van der Waals surface area contributed by atoms with Gasteiger partial charge in [-0.05, 0) is 68.4 Å². The van der Waals surface area contributed by atoms with Crippen molar-refractivity contribution in [2.75, 3.05) is 43.4 Å². The fourth-order valence-corrected chi connectivity index (χ4v) is 10.4. The number of ether oxygens (including phenoxy) is 1. The summed E-state index contributed by atoms with van der Waals surface area (Å²) in [5.74, 6) is -1.02. The van der Waals surface area contributed by atoms with Crippen LogP contribution in [0.4, 0.5) is 28.8 Å². The van der Waals surface area contributed by atoms with Crippen molar-refractivity contribution in [1.82, 2.24) is 34.5 Å². The number of hydrogen-bond acceptors (Lipinski definition) is 11. The van der Waals surface area contributed by atoms with Crippen LogP contribution in [0.1, 0.15) is 52.5 Å². The number of carbonyl (C=O) groups is 1. The normalized spacial score (nSPS) is 22.3. The van der Waals surface area contributed by atoms with Gasteiger partial charge in [0.05, 0.1) is 20.8 Å². The van der Waals surface area contributed by atoms with E-state index in [9.17, 15) is 14.4 Å². The Labute approximate surface area is 334 Å². The largest absolute Gasteiger partial charge is 0.461 e. The van der Waals surface area contributed by atoms with Crippen molar-refractivity contribution in [3.8, 4) is 23.2 Å². The van der Waals surface area contributed by atoms with E-state index in [0.29, 0.717) is 37.3 Å². The van der Waals surface area contributed by atoms with Gasteiger partial charge in [-0.3, -0.25) is 4.90 Å². The van der Waals surface area contributed by atoms with Crippen LogP contribution in [0.25, 0.3) is 32.1 Å². The third kappa shape index (κ3) is 6.36. The highest BCUT2D eigenvalue weighted by Crippen LogP contribution is 2.47. The quantitative estimate of drug-likeness (QED) is 0.156. The van der Waals surface area contributed by atoms with Crippen LogP contribution >= 0.6 is 34.5 Å². The topological polar surface area (TPSA) is 142 Å². The van der Waals surface area contributed by atoms with Crippen LogP contribution in [0, 0.1) is 34.8 Å². The number of fused-ring (bicyclic) bond motifs is 3. The highest BCUT2D eigenvalue weighted by atomic mass is 35.5. The van der Waals surface area contributed by atoms with Gasteiger partial charge >= 0.3 is 12.0 Å². The standard InChI is InChI=1S/C38H39Cl2F3N10O2S/c1-18(2)31-20(14-52(31)37(54)53-17-46-35(40)49-53)13-51(19(3)4)34-23-10-25(39)28(22-6-7-26(42)32-27(22)24(12-44)33(45)56-32)29(43)30(23)47-36(48-34)55-16-38-8-5-9-50(38)15-21(41)11-38/h6-7,10,17-21,31H,5,8-9,11,13-16,45H2,1-4H3/t20-,21-,31-,38+/m1/s1. The summed E-state index contributed by atoms with van der Waals surface area (Å²) in [6, 6.07) is 5.39. The molecule has 294 valence electrons. The number of anilines is 2. The van der Waals surface area contributed by atoms with Crippen molar-refractivity contribution in [3.05, 3.63) is 52.0 Å². The molecular weight excluding hydrogens is 788 g/mol. The van der Waals surface area contributed by atoms with Crippen LogP contribution < -0.4 is 15.4 Å². The lowest BCUT2D eigenvalue weighted by Crippen LogP contribution is -2.64. The van der Waals surface area contributed by atoms with E-state index in [-0.39, 0.29) is 90.2 Å². The average Bonchev–Trinajstić information content (AvgIpc) is 3.89. The summed E-state index contributed by atoms with van der Waals surface area (Å²) in [4.78, 5) is 32.7. The van der Waals surface area contributed by atoms with Gasteiger partial charge in [-0.25, -0.2) is 22.9 Å². The van der Waals surface area contributed by atoms with Crippen LogP contribution in [-0.2, 0) is 0 Å². The molecular formula is C38H39Cl2F3N10O2S. The average molecular weight is 828 g/mol. The number of halogens is 5. The molecule has 0 unspecified atom stereocenters. The van der Waals surface area contributed by atoms with E-state index in [1.165, 1.54) is 18.5 Å². The molecule has 4 atom stereocenters. The number of benzene rings is 2. The van der Waals surface area contributed by atoms with Gasteiger partial charge in [0.25, 0.3) is 0 Å². The predicted octanol–water partition coefficient (Wildman–Crippen LogP) is 7.94. The Morgan fingerprint density at radius 3 is 2.70 bits per heavy atom. The number of nitriles is 1. The van der Waals surface area contributed by atoms with Gasteiger partial charge in [-0.1, -0.05) is 31.5 Å². The fourth-order valence-electron chi connectivity index (χ4n) is 8.98. The SMILES string of the molecule is CC(C)[C@@H]1[C@H](CN(c2nc(OC[C@@]34CCCN3C[C@H](F)C4)nc3c(F)c(-c4ccc(F)c5sc(N)c(C#N)c45)c(Cl)cc23)C(C)C)CN1C(=O)n1cnc(Cl)n1. The maximum Gasteiger partial charge on any atom is 0.346 e.